The fourth-order valence-electron chi connectivity index (χ4n) is 1.04. The van der Waals surface area contributed by atoms with Crippen molar-refractivity contribution < 1.29 is 5.11 Å². The van der Waals surface area contributed by atoms with Crippen LogP contribution in [0.4, 0.5) is 0 Å². The molecule has 0 unspecified atom stereocenters. The summed E-state index contributed by atoms with van der Waals surface area (Å²) in [5.74, 6) is 0.145. The molecule has 0 amide bonds. The Hall–Kier alpha value is -1.64. The highest BCUT2D eigenvalue weighted by atomic mass is 35.5. The van der Waals surface area contributed by atoms with Crippen LogP contribution in [0.15, 0.2) is 29.4 Å². The van der Waals surface area contributed by atoms with Gasteiger partial charge in [0, 0.05) is 11.5 Å². The molecule has 0 bridgehead atoms. The SMILES string of the molecule is [N-]=[N+]=NCCC=Cc1ccc(O)cc1Cl. The van der Waals surface area contributed by atoms with E-state index in [1.807, 2.05) is 12.2 Å². The molecule has 1 N–H and O–H groups in total. The Morgan fingerprint density at radius 1 is 1.53 bits per heavy atom. The summed E-state index contributed by atoms with van der Waals surface area (Å²) in [6.45, 7) is 0.433. The zero-order valence-corrected chi connectivity index (χ0v) is 8.72. The number of rotatable bonds is 4. The van der Waals surface area contributed by atoms with E-state index in [1.165, 1.54) is 6.07 Å². The van der Waals surface area contributed by atoms with E-state index < -0.39 is 0 Å². The van der Waals surface area contributed by atoms with Crippen LogP contribution in [-0.2, 0) is 0 Å². The fraction of sp³-hybridized carbons (Fsp3) is 0.200. The maximum Gasteiger partial charge on any atom is 0.117 e. The van der Waals surface area contributed by atoms with Crippen molar-refractivity contribution in [2.45, 2.75) is 6.42 Å². The van der Waals surface area contributed by atoms with Crippen molar-refractivity contribution in [2.24, 2.45) is 5.11 Å². The lowest BCUT2D eigenvalue weighted by atomic mass is 10.2. The zero-order valence-electron chi connectivity index (χ0n) is 7.97. The van der Waals surface area contributed by atoms with Gasteiger partial charge in [-0.05, 0) is 35.7 Å². The lowest BCUT2D eigenvalue weighted by Gasteiger charge is -1.98. The minimum atomic E-state index is 0.145. The molecule has 0 spiro atoms. The Kier molecular flexibility index (Phi) is 4.54. The van der Waals surface area contributed by atoms with Crippen LogP contribution >= 0.6 is 11.6 Å². The molecule has 0 radical (unpaired) electrons. The van der Waals surface area contributed by atoms with Crippen LogP contribution < -0.4 is 0 Å². The third-order valence-corrected chi connectivity index (χ3v) is 2.07. The van der Waals surface area contributed by atoms with Crippen LogP contribution in [0.1, 0.15) is 12.0 Å². The number of nitrogens with zero attached hydrogens (tertiary/aromatic N) is 3. The summed E-state index contributed by atoms with van der Waals surface area (Å²) >= 11 is 5.88. The second-order valence-corrected chi connectivity index (χ2v) is 3.26. The highest BCUT2D eigenvalue weighted by Gasteiger charge is 1.96. The summed E-state index contributed by atoms with van der Waals surface area (Å²) in [4.78, 5) is 2.64. The summed E-state index contributed by atoms with van der Waals surface area (Å²) in [6, 6.07) is 4.77. The van der Waals surface area contributed by atoms with Crippen LogP contribution in [0, 0.1) is 0 Å². The number of aromatic hydroxyl groups is 1. The van der Waals surface area contributed by atoms with E-state index in [1.54, 1.807) is 12.1 Å². The Labute approximate surface area is 92.4 Å². The first-order valence-electron chi connectivity index (χ1n) is 4.40. The molecule has 0 aliphatic heterocycles. The van der Waals surface area contributed by atoms with Crippen molar-refractivity contribution in [1.82, 2.24) is 0 Å². The minimum Gasteiger partial charge on any atom is -0.508 e. The second-order valence-electron chi connectivity index (χ2n) is 2.85. The molecule has 1 aromatic carbocycles. The van der Waals surface area contributed by atoms with E-state index in [4.69, 9.17) is 22.2 Å². The lowest BCUT2D eigenvalue weighted by molar-refractivity contribution is 0.475. The molecule has 78 valence electrons. The monoisotopic (exact) mass is 223 g/mol. The maximum absolute atomic E-state index is 9.12. The number of benzene rings is 1. The second kappa shape index (κ2) is 5.96. The van der Waals surface area contributed by atoms with Gasteiger partial charge < -0.3 is 5.11 Å². The molecule has 5 heteroatoms. The highest BCUT2D eigenvalue weighted by Crippen LogP contribution is 2.22. The standard InChI is InChI=1S/C10H10ClN3O/c11-10-7-9(15)5-4-8(10)3-1-2-6-13-14-12/h1,3-5,7,15H,2,6H2. The maximum atomic E-state index is 9.12. The first-order valence-corrected chi connectivity index (χ1v) is 4.78. The molecule has 0 aliphatic carbocycles. The van der Waals surface area contributed by atoms with Gasteiger partial charge in [-0.25, -0.2) is 0 Å². The van der Waals surface area contributed by atoms with Gasteiger partial charge in [0.25, 0.3) is 0 Å². The lowest BCUT2D eigenvalue weighted by Crippen LogP contribution is -1.76. The molecule has 0 aromatic heterocycles. The molecular weight excluding hydrogens is 214 g/mol. The molecule has 0 fully saturated rings. The Bertz CT molecular complexity index is 411. The normalized spacial score (nSPS) is 10.2. The number of phenolic OH excluding ortho intramolecular Hbond substituents is 1. The molecule has 0 saturated heterocycles. The van der Waals surface area contributed by atoms with Crippen molar-refractivity contribution in [3.63, 3.8) is 0 Å². The van der Waals surface area contributed by atoms with Crippen LogP contribution in [0.5, 0.6) is 5.75 Å². The number of hydrogen-bond donors (Lipinski definition) is 1. The topological polar surface area (TPSA) is 69.0 Å². The highest BCUT2D eigenvalue weighted by molar-refractivity contribution is 6.32. The summed E-state index contributed by atoms with van der Waals surface area (Å²) in [5.41, 5.74) is 8.87. The van der Waals surface area contributed by atoms with Gasteiger partial charge in [0.15, 0.2) is 0 Å². The van der Waals surface area contributed by atoms with Gasteiger partial charge in [0.2, 0.25) is 0 Å². The molecule has 1 aromatic rings. The Balaban J connectivity index is 2.60. The van der Waals surface area contributed by atoms with Crippen LogP contribution in [0.3, 0.4) is 0 Å². The number of hydrogen-bond acceptors (Lipinski definition) is 2. The van der Waals surface area contributed by atoms with Gasteiger partial charge in [-0.15, -0.1) is 0 Å². The van der Waals surface area contributed by atoms with Crippen molar-refractivity contribution in [3.8, 4) is 5.75 Å². The van der Waals surface area contributed by atoms with Gasteiger partial charge in [-0.2, -0.15) is 0 Å². The van der Waals surface area contributed by atoms with Gasteiger partial charge in [0.1, 0.15) is 5.75 Å². The zero-order chi connectivity index (χ0) is 11.1. The predicted molar refractivity (Wildman–Crippen MR) is 60.8 cm³/mol. The van der Waals surface area contributed by atoms with E-state index in [2.05, 4.69) is 10.0 Å². The molecule has 1 rings (SSSR count). The van der Waals surface area contributed by atoms with Gasteiger partial charge >= 0.3 is 0 Å². The van der Waals surface area contributed by atoms with Crippen molar-refractivity contribution >= 4 is 17.7 Å². The molecular formula is C10H10ClN3O. The molecule has 0 atom stereocenters. The molecule has 0 saturated carbocycles. The average molecular weight is 224 g/mol. The first kappa shape index (κ1) is 11.4. The summed E-state index contributed by atoms with van der Waals surface area (Å²) < 4.78 is 0. The van der Waals surface area contributed by atoms with Crippen LogP contribution in [0.2, 0.25) is 5.02 Å². The quantitative estimate of drug-likeness (QED) is 0.359. The van der Waals surface area contributed by atoms with Crippen LogP contribution in [0.25, 0.3) is 16.5 Å². The predicted octanol–water partition coefficient (Wildman–Crippen LogP) is 3.76. The Morgan fingerprint density at radius 2 is 2.33 bits per heavy atom. The van der Waals surface area contributed by atoms with E-state index in [9.17, 15) is 0 Å². The fourth-order valence-corrected chi connectivity index (χ4v) is 1.28. The largest absolute Gasteiger partial charge is 0.508 e. The average Bonchev–Trinajstić information content (AvgIpc) is 2.20. The molecule has 0 heterocycles. The third kappa shape index (κ3) is 3.94. The molecule has 15 heavy (non-hydrogen) atoms. The minimum absolute atomic E-state index is 0.145. The third-order valence-electron chi connectivity index (χ3n) is 1.74. The number of phenols is 1. The summed E-state index contributed by atoms with van der Waals surface area (Å²) in [7, 11) is 0. The van der Waals surface area contributed by atoms with E-state index >= 15 is 0 Å². The Morgan fingerprint density at radius 3 is 3.00 bits per heavy atom. The van der Waals surface area contributed by atoms with E-state index in [-0.39, 0.29) is 5.75 Å². The molecule has 4 nitrogen and oxygen atoms in total. The number of azide groups is 1. The summed E-state index contributed by atoms with van der Waals surface area (Å²) in [6.07, 6.45) is 4.36. The van der Waals surface area contributed by atoms with E-state index in [0.717, 1.165) is 5.56 Å². The molecule has 0 aliphatic rings. The smallest absolute Gasteiger partial charge is 0.117 e. The van der Waals surface area contributed by atoms with Crippen LogP contribution in [-0.4, -0.2) is 11.7 Å². The van der Waals surface area contributed by atoms with Crippen molar-refractivity contribution in [3.05, 3.63) is 45.3 Å². The van der Waals surface area contributed by atoms with Crippen molar-refractivity contribution in [2.75, 3.05) is 6.54 Å². The first-order chi connectivity index (χ1) is 7.24. The van der Waals surface area contributed by atoms with E-state index in [0.29, 0.717) is 18.0 Å². The van der Waals surface area contributed by atoms with Gasteiger partial charge in [-0.3, -0.25) is 0 Å². The van der Waals surface area contributed by atoms with Crippen molar-refractivity contribution in [1.29, 1.82) is 0 Å². The summed E-state index contributed by atoms with van der Waals surface area (Å²) in [5, 5.41) is 13.0. The van der Waals surface area contributed by atoms with Gasteiger partial charge in [-0.1, -0.05) is 28.9 Å². The number of halogens is 1. The van der Waals surface area contributed by atoms with Gasteiger partial charge in [0.05, 0.1) is 5.02 Å².